The van der Waals surface area contributed by atoms with Crippen LogP contribution in [0, 0.1) is 0 Å². The van der Waals surface area contributed by atoms with Gasteiger partial charge in [0.25, 0.3) is 5.91 Å². The topological polar surface area (TPSA) is 112 Å². The molecule has 1 aliphatic rings. The number of carbonyl (C=O) groups excluding carboxylic acids is 3. The number of carbonyl (C=O) groups is 3. The third-order valence-corrected chi connectivity index (χ3v) is 6.14. The average Bonchev–Trinajstić information content (AvgIpc) is 3.25. The molecule has 8 heteroatoms. The number of aromatic nitrogens is 1. The zero-order valence-corrected chi connectivity index (χ0v) is 19.5. The van der Waals surface area contributed by atoms with E-state index in [0.29, 0.717) is 30.8 Å². The van der Waals surface area contributed by atoms with Crippen molar-refractivity contribution in [1.82, 2.24) is 15.6 Å². The molecule has 2 heterocycles. The first-order valence-electron chi connectivity index (χ1n) is 11.8. The number of hydrogen-bond donors (Lipinski definition) is 4. The van der Waals surface area contributed by atoms with Gasteiger partial charge in [0.05, 0.1) is 17.7 Å². The lowest BCUT2D eigenvalue weighted by Gasteiger charge is -2.14. The van der Waals surface area contributed by atoms with Crippen molar-refractivity contribution in [2.45, 2.75) is 25.5 Å². The standard InChI is InChI=1S/C28H26N4O4/c33-26(15-25-28(35)31-24-9-5-4-8-21(24)27(34)32-25)29-13-12-19-16-30-23-11-10-20(14-22(19)23)36-17-18-6-2-1-3-7-18/h1-11,14,16,25,30H,12-13,15,17H2,(H,29,33)(H,31,35)(H,32,34)/t25-/m1/s1. The van der Waals surface area contributed by atoms with E-state index in [1.54, 1.807) is 24.3 Å². The zero-order chi connectivity index (χ0) is 24.9. The van der Waals surface area contributed by atoms with Gasteiger partial charge in [-0.3, -0.25) is 14.4 Å². The second kappa shape index (κ2) is 10.4. The number of hydrogen-bond acceptors (Lipinski definition) is 4. The van der Waals surface area contributed by atoms with Crippen LogP contribution in [0.4, 0.5) is 5.69 Å². The maximum atomic E-state index is 12.5. The Hall–Kier alpha value is -4.59. The Balaban J connectivity index is 1.16. The van der Waals surface area contributed by atoms with Crippen LogP contribution in [-0.4, -0.2) is 35.3 Å². The number of aromatic amines is 1. The van der Waals surface area contributed by atoms with Crippen molar-refractivity contribution >= 4 is 34.3 Å². The minimum absolute atomic E-state index is 0.142. The molecule has 0 fully saturated rings. The highest BCUT2D eigenvalue weighted by atomic mass is 16.5. The Labute approximate surface area is 208 Å². The first-order valence-corrected chi connectivity index (χ1v) is 11.8. The van der Waals surface area contributed by atoms with Crippen LogP contribution in [0.5, 0.6) is 5.75 Å². The summed E-state index contributed by atoms with van der Waals surface area (Å²) in [6.07, 6.45) is 2.38. The van der Waals surface area contributed by atoms with Crippen molar-refractivity contribution in [1.29, 1.82) is 0 Å². The van der Waals surface area contributed by atoms with Gasteiger partial charge in [0.15, 0.2) is 0 Å². The molecule has 0 radical (unpaired) electrons. The molecule has 3 aromatic carbocycles. The summed E-state index contributed by atoms with van der Waals surface area (Å²) in [5.74, 6) is -0.338. The Kier molecular flexibility index (Phi) is 6.66. The summed E-state index contributed by atoms with van der Waals surface area (Å²) in [5.41, 5.74) is 3.94. The number of benzene rings is 3. The van der Waals surface area contributed by atoms with Gasteiger partial charge < -0.3 is 25.7 Å². The van der Waals surface area contributed by atoms with Crippen LogP contribution in [-0.2, 0) is 22.6 Å². The first-order chi connectivity index (χ1) is 17.6. The summed E-state index contributed by atoms with van der Waals surface area (Å²) in [6.45, 7) is 0.877. The molecule has 0 saturated carbocycles. The van der Waals surface area contributed by atoms with Gasteiger partial charge in [-0.2, -0.15) is 0 Å². The Morgan fingerprint density at radius 2 is 1.78 bits per heavy atom. The van der Waals surface area contributed by atoms with Gasteiger partial charge in [0.1, 0.15) is 18.4 Å². The summed E-state index contributed by atoms with van der Waals surface area (Å²) >= 11 is 0. The summed E-state index contributed by atoms with van der Waals surface area (Å²) in [5, 5.41) is 9.24. The van der Waals surface area contributed by atoms with Crippen LogP contribution in [0.15, 0.2) is 79.0 Å². The third-order valence-electron chi connectivity index (χ3n) is 6.14. The summed E-state index contributed by atoms with van der Waals surface area (Å²) in [6, 6.07) is 21.7. The van der Waals surface area contributed by atoms with Crippen LogP contribution in [0.2, 0.25) is 0 Å². The molecule has 0 bridgehead atoms. The zero-order valence-electron chi connectivity index (χ0n) is 19.5. The van der Waals surface area contributed by atoms with Gasteiger partial charge in [-0.05, 0) is 47.9 Å². The molecule has 3 amide bonds. The Bertz CT molecular complexity index is 1410. The number of H-pyrrole nitrogens is 1. The first kappa shape index (κ1) is 23.2. The van der Waals surface area contributed by atoms with E-state index in [1.807, 2.05) is 54.7 Å². The van der Waals surface area contributed by atoms with E-state index in [2.05, 4.69) is 20.9 Å². The molecule has 182 valence electrons. The number of ether oxygens (including phenoxy) is 1. The minimum atomic E-state index is -0.942. The number of rotatable bonds is 8. The monoisotopic (exact) mass is 482 g/mol. The summed E-state index contributed by atoms with van der Waals surface area (Å²) in [4.78, 5) is 40.8. The van der Waals surface area contributed by atoms with Crippen LogP contribution < -0.4 is 20.7 Å². The van der Waals surface area contributed by atoms with Crippen LogP contribution in [0.25, 0.3) is 10.9 Å². The lowest BCUT2D eigenvalue weighted by atomic mass is 10.1. The molecule has 4 N–H and O–H groups in total. The predicted molar refractivity (Wildman–Crippen MR) is 137 cm³/mol. The van der Waals surface area contributed by atoms with Gasteiger partial charge in [-0.25, -0.2) is 0 Å². The van der Waals surface area contributed by atoms with E-state index < -0.39 is 11.9 Å². The van der Waals surface area contributed by atoms with Gasteiger partial charge in [0, 0.05) is 23.6 Å². The molecular weight excluding hydrogens is 456 g/mol. The number of amides is 3. The molecule has 1 aromatic heterocycles. The van der Waals surface area contributed by atoms with Crippen molar-refractivity contribution in [3.63, 3.8) is 0 Å². The second-order valence-electron chi connectivity index (χ2n) is 8.66. The fourth-order valence-corrected chi connectivity index (χ4v) is 4.24. The molecule has 0 saturated heterocycles. The quantitative estimate of drug-likeness (QED) is 0.308. The minimum Gasteiger partial charge on any atom is -0.489 e. The number of nitrogens with one attached hydrogen (secondary N) is 4. The van der Waals surface area contributed by atoms with Crippen LogP contribution >= 0.6 is 0 Å². The SMILES string of the molecule is O=C(C[C@H]1NC(=O)c2ccccc2NC1=O)NCCc1c[nH]c2ccc(OCc3ccccc3)cc12. The highest BCUT2D eigenvalue weighted by Crippen LogP contribution is 2.25. The number of anilines is 1. The molecule has 36 heavy (non-hydrogen) atoms. The molecule has 0 unspecified atom stereocenters. The lowest BCUT2D eigenvalue weighted by Crippen LogP contribution is -2.44. The fraction of sp³-hybridized carbons (Fsp3) is 0.179. The molecule has 1 atom stereocenters. The fourth-order valence-electron chi connectivity index (χ4n) is 4.24. The maximum Gasteiger partial charge on any atom is 0.254 e. The van der Waals surface area contributed by atoms with Crippen molar-refractivity contribution in [2.75, 3.05) is 11.9 Å². The number of fused-ring (bicyclic) bond motifs is 2. The molecule has 8 nitrogen and oxygen atoms in total. The highest BCUT2D eigenvalue weighted by molar-refractivity contribution is 6.10. The average molecular weight is 483 g/mol. The largest absolute Gasteiger partial charge is 0.489 e. The molecule has 0 aliphatic carbocycles. The maximum absolute atomic E-state index is 12.5. The second-order valence-corrected chi connectivity index (χ2v) is 8.66. The molecule has 0 spiro atoms. The molecular formula is C28H26N4O4. The van der Waals surface area contributed by atoms with Gasteiger partial charge in [-0.15, -0.1) is 0 Å². The van der Waals surface area contributed by atoms with E-state index in [9.17, 15) is 14.4 Å². The van der Waals surface area contributed by atoms with Crippen LogP contribution in [0.3, 0.4) is 0 Å². The smallest absolute Gasteiger partial charge is 0.254 e. The van der Waals surface area contributed by atoms with E-state index in [1.165, 1.54) is 0 Å². The Morgan fingerprint density at radius 3 is 2.64 bits per heavy atom. The lowest BCUT2D eigenvalue weighted by molar-refractivity contribution is -0.125. The number of para-hydroxylation sites is 1. The normalized spacial score (nSPS) is 14.9. The van der Waals surface area contributed by atoms with E-state index >= 15 is 0 Å². The third kappa shape index (κ3) is 5.22. The predicted octanol–water partition coefficient (Wildman–Crippen LogP) is 3.55. The van der Waals surface area contributed by atoms with E-state index in [0.717, 1.165) is 27.8 Å². The Morgan fingerprint density at radius 1 is 0.972 bits per heavy atom. The van der Waals surface area contributed by atoms with E-state index in [4.69, 9.17) is 4.74 Å². The van der Waals surface area contributed by atoms with Crippen LogP contribution in [0.1, 0.15) is 27.9 Å². The van der Waals surface area contributed by atoms with Gasteiger partial charge in [-0.1, -0.05) is 42.5 Å². The highest BCUT2D eigenvalue weighted by Gasteiger charge is 2.29. The molecule has 5 rings (SSSR count). The van der Waals surface area contributed by atoms with E-state index in [-0.39, 0.29) is 18.2 Å². The van der Waals surface area contributed by atoms with Gasteiger partial charge in [0.2, 0.25) is 11.8 Å². The van der Waals surface area contributed by atoms with Gasteiger partial charge >= 0.3 is 0 Å². The molecule has 1 aliphatic heterocycles. The molecule has 4 aromatic rings. The summed E-state index contributed by atoms with van der Waals surface area (Å²) < 4.78 is 5.95. The van der Waals surface area contributed by atoms with Crippen molar-refractivity contribution in [2.24, 2.45) is 0 Å². The van der Waals surface area contributed by atoms with Crippen molar-refractivity contribution in [3.05, 3.63) is 95.7 Å². The summed E-state index contributed by atoms with van der Waals surface area (Å²) in [7, 11) is 0. The van der Waals surface area contributed by atoms with Crippen molar-refractivity contribution in [3.8, 4) is 5.75 Å². The van der Waals surface area contributed by atoms with Crippen molar-refractivity contribution < 1.29 is 19.1 Å².